The van der Waals surface area contributed by atoms with Crippen molar-refractivity contribution in [1.29, 1.82) is 0 Å². The molecule has 0 spiro atoms. The quantitative estimate of drug-likeness (QED) is 0.857. The topological polar surface area (TPSA) is 38.5 Å². The van der Waals surface area contributed by atoms with E-state index in [-0.39, 0.29) is 7.19 Å². The Morgan fingerprint density at radius 3 is 2.14 bits per heavy atom. The molecular formula is C17H19BN2O. The lowest BCUT2D eigenvalue weighted by atomic mass is 9.79. The first kappa shape index (κ1) is 13.1. The predicted molar refractivity (Wildman–Crippen MR) is 84.4 cm³/mol. The maximum atomic E-state index is 6.39. The second-order valence-electron chi connectivity index (χ2n) is 5.87. The van der Waals surface area contributed by atoms with Crippen LogP contribution in [0, 0.1) is 0 Å². The van der Waals surface area contributed by atoms with Crippen molar-refractivity contribution in [3.8, 4) is 0 Å². The molecule has 4 heteroatoms. The van der Waals surface area contributed by atoms with Crippen molar-refractivity contribution in [2.24, 2.45) is 5.64 Å². The first-order valence-electron chi connectivity index (χ1n) is 7.62. The standard InChI is InChI=1S/C17H19BN2O/c19-18-20-13-7-12-16(20)17(21-18,14-8-3-1-4-9-14)15-10-5-2-6-11-15/h1-6,8-11,16H,7,12-13,19H2. The van der Waals surface area contributed by atoms with Crippen molar-refractivity contribution in [3.05, 3.63) is 71.8 Å². The largest absolute Gasteiger partial charge is 0.474 e. The van der Waals surface area contributed by atoms with Gasteiger partial charge in [0.05, 0.1) is 0 Å². The lowest BCUT2D eigenvalue weighted by Crippen LogP contribution is -2.44. The summed E-state index contributed by atoms with van der Waals surface area (Å²) in [7, 11) is -0.321. The molecule has 2 aromatic rings. The van der Waals surface area contributed by atoms with E-state index in [9.17, 15) is 0 Å². The Balaban J connectivity index is 1.92. The van der Waals surface area contributed by atoms with Crippen LogP contribution in [0.4, 0.5) is 0 Å². The lowest BCUT2D eigenvalue weighted by Gasteiger charge is -2.36. The van der Waals surface area contributed by atoms with Crippen molar-refractivity contribution in [3.63, 3.8) is 0 Å². The number of nitrogens with zero attached hydrogens (tertiary/aromatic N) is 1. The molecule has 0 aliphatic carbocycles. The fourth-order valence-corrected chi connectivity index (χ4v) is 3.93. The number of hydrogen-bond acceptors (Lipinski definition) is 3. The molecule has 0 bridgehead atoms. The summed E-state index contributed by atoms with van der Waals surface area (Å²) < 4.78 is 6.39. The molecule has 2 fully saturated rings. The van der Waals surface area contributed by atoms with E-state index in [4.69, 9.17) is 10.3 Å². The molecule has 3 nitrogen and oxygen atoms in total. The molecule has 4 rings (SSSR count). The Kier molecular flexibility index (Phi) is 3.10. The molecule has 0 saturated carbocycles. The number of fused-ring (bicyclic) bond motifs is 1. The summed E-state index contributed by atoms with van der Waals surface area (Å²) in [6.07, 6.45) is 2.31. The molecule has 2 aliphatic rings. The van der Waals surface area contributed by atoms with Gasteiger partial charge < -0.3 is 10.3 Å². The minimum atomic E-state index is -0.446. The van der Waals surface area contributed by atoms with Crippen LogP contribution in [-0.2, 0) is 10.3 Å². The zero-order valence-corrected chi connectivity index (χ0v) is 12.0. The molecule has 106 valence electrons. The van der Waals surface area contributed by atoms with Gasteiger partial charge in [0.25, 0.3) is 0 Å². The van der Waals surface area contributed by atoms with Crippen LogP contribution in [-0.4, -0.2) is 24.6 Å². The maximum absolute atomic E-state index is 6.39. The van der Waals surface area contributed by atoms with Crippen molar-refractivity contribution in [1.82, 2.24) is 4.81 Å². The van der Waals surface area contributed by atoms with Gasteiger partial charge >= 0.3 is 7.19 Å². The van der Waals surface area contributed by atoms with Gasteiger partial charge in [-0.1, -0.05) is 60.7 Å². The molecule has 2 saturated heterocycles. The summed E-state index contributed by atoms with van der Waals surface area (Å²) in [5.74, 6) is 0. The molecular weight excluding hydrogens is 259 g/mol. The van der Waals surface area contributed by atoms with Crippen molar-refractivity contribution >= 4 is 7.19 Å². The second kappa shape index (κ2) is 4.99. The third-order valence-electron chi connectivity index (χ3n) is 4.80. The summed E-state index contributed by atoms with van der Waals surface area (Å²) in [5, 5.41) is 0. The molecule has 1 unspecified atom stereocenters. The highest BCUT2D eigenvalue weighted by Crippen LogP contribution is 2.47. The maximum Gasteiger partial charge on any atom is 0.474 e. The van der Waals surface area contributed by atoms with Gasteiger partial charge in [-0.3, -0.25) is 4.81 Å². The van der Waals surface area contributed by atoms with Gasteiger partial charge in [-0.25, -0.2) is 0 Å². The highest BCUT2D eigenvalue weighted by atomic mass is 16.5. The van der Waals surface area contributed by atoms with E-state index in [2.05, 4.69) is 53.3 Å². The Labute approximate surface area is 125 Å². The molecule has 2 aromatic carbocycles. The van der Waals surface area contributed by atoms with E-state index in [1.807, 2.05) is 12.1 Å². The van der Waals surface area contributed by atoms with E-state index in [1.54, 1.807) is 0 Å². The Hall–Kier alpha value is -1.62. The molecule has 0 aromatic heterocycles. The van der Waals surface area contributed by atoms with Gasteiger partial charge in [0, 0.05) is 6.04 Å². The van der Waals surface area contributed by atoms with E-state index >= 15 is 0 Å². The molecule has 2 N–H and O–H groups in total. The van der Waals surface area contributed by atoms with E-state index in [0.717, 1.165) is 13.0 Å². The summed E-state index contributed by atoms with van der Waals surface area (Å²) >= 11 is 0. The van der Waals surface area contributed by atoms with Gasteiger partial charge in [-0.2, -0.15) is 0 Å². The van der Waals surface area contributed by atoms with E-state index < -0.39 is 5.60 Å². The molecule has 0 amide bonds. The zero-order chi connectivity index (χ0) is 14.3. The summed E-state index contributed by atoms with van der Waals surface area (Å²) in [6, 6.07) is 21.3. The number of benzene rings is 2. The summed E-state index contributed by atoms with van der Waals surface area (Å²) in [4.78, 5) is 2.31. The number of hydrogen-bond donors (Lipinski definition) is 1. The van der Waals surface area contributed by atoms with Crippen molar-refractivity contribution in [2.75, 3.05) is 6.54 Å². The van der Waals surface area contributed by atoms with E-state index in [1.165, 1.54) is 17.5 Å². The van der Waals surface area contributed by atoms with Crippen LogP contribution in [0.1, 0.15) is 24.0 Å². The number of nitrogens with two attached hydrogens (primary N) is 1. The monoisotopic (exact) mass is 278 g/mol. The van der Waals surface area contributed by atoms with Crippen LogP contribution in [0.3, 0.4) is 0 Å². The van der Waals surface area contributed by atoms with Crippen molar-refractivity contribution < 1.29 is 4.65 Å². The minimum absolute atomic E-state index is 0.317. The molecule has 2 heterocycles. The Morgan fingerprint density at radius 1 is 1.00 bits per heavy atom. The molecule has 0 radical (unpaired) electrons. The Bertz CT molecular complexity index is 580. The van der Waals surface area contributed by atoms with E-state index in [0.29, 0.717) is 6.04 Å². The third-order valence-corrected chi connectivity index (χ3v) is 4.80. The minimum Gasteiger partial charge on any atom is -0.393 e. The third kappa shape index (κ3) is 1.87. The van der Waals surface area contributed by atoms with Gasteiger partial charge in [0.15, 0.2) is 0 Å². The van der Waals surface area contributed by atoms with Crippen LogP contribution in [0.5, 0.6) is 0 Å². The van der Waals surface area contributed by atoms with Gasteiger partial charge in [0.1, 0.15) is 5.60 Å². The SMILES string of the molecule is NB1OC(c2ccccc2)(c2ccccc2)C2CCCN12. The highest BCUT2D eigenvalue weighted by molar-refractivity contribution is 6.46. The fourth-order valence-electron chi connectivity index (χ4n) is 3.93. The van der Waals surface area contributed by atoms with Gasteiger partial charge in [-0.15, -0.1) is 0 Å². The molecule has 2 aliphatic heterocycles. The lowest BCUT2D eigenvalue weighted by molar-refractivity contribution is 0.105. The zero-order valence-electron chi connectivity index (χ0n) is 12.0. The fraction of sp³-hybridized carbons (Fsp3) is 0.294. The summed E-state index contributed by atoms with van der Waals surface area (Å²) in [5.41, 5.74) is 8.22. The van der Waals surface area contributed by atoms with Gasteiger partial charge in [-0.05, 0) is 30.5 Å². The average molecular weight is 278 g/mol. The molecule has 21 heavy (non-hydrogen) atoms. The number of rotatable bonds is 2. The van der Waals surface area contributed by atoms with Crippen LogP contribution in [0.2, 0.25) is 0 Å². The second-order valence-corrected chi connectivity index (χ2v) is 5.87. The first-order valence-corrected chi connectivity index (χ1v) is 7.62. The van der Waals surface area contributed by atoms with Crippen LogP contribution < -0.4 is 5.64 Å². The Morgan fingerprint density at radius 2 is 1.57 bits per heavy atom. The predicted octanol–water partition coefficient (Wildman–Crippen LogP) is 2.37. The van der Waals surface area contributed by atoms with Crippen LogP contribution in [0.15, 0.2) is 60.7 Å². The highest BCUT2D eigenvalue weighted by Gasteiger charge is 2.57. The average Bonchev–Trinajstić information content (AvgIpc) is 3.13. The smallest absolute Gasteiger partial charge is 0.393 e. The normalized spacial score (nSPS) is 24.2. The van der Waals surface area contributed by atoms with Crippen LogP contribution >= 0.6 is 0 Å². The van der Waals surface area contributed by atoms with Crippen molar-refractivity contribution in [2.45, 2.75) is 24.5 Å². The molecule has 1 atom stereocenters. The van der Waals surface area contributed by atoms with Crippen LogP contribution in [0.25, 0.3) is 0 Å². The summed E-state index contributed by atoms with van der Waals surface area (Å²) in [6.45, 7) is 1.02. The first-order chi connectivity index (χ1) is 10.3. The van der Waals surface area contributed by atoms with Gasteiger partial charge in [0.2, 0.25) is 0 Å².